The van der Waals surface area contributed by atoms with Crippen LogP contribution in [0, 0.1) is 0 Å². The van der Waals surface area contributed by atoms with Gasteiger partial charge in [0.1, 0.15) is 6.10 Å². The van der Waals surface area contributed by atoms with Crippen LogP contribution < -0.4 is 0 Å². The van der Waals surface area contributed by atoms with E-state index in [1.165, 1.54) is 24.9 Å². The molecule has 1 N–H and O–H groups in total. The van der Waals surface area contributed by atoms with E-state index in [9.17, 15) is 9.90 Å². The van der Waals surface area contributed by atoms with Crippen LogP contribution in [0.2, 0.25) is 5.02 Å². The van der Waals surface area contributed by atoms with Crippen LogP contribution in [0.1, 0.15) is 18.6 Å². The van der Waals surface area contributed by atoms with Gasteiger partial charge in [0.2, 0.25) is 4.93 Å². The van der Waals surface area contributed by atoms with Gasteiger partial charge in [-0.25, -0.2) is 4.79 Å². The zero-order valence-electron chi connectivity index (χ0n) is 11.1. The average Bonchev–Trinajstić information content (AvgIpc) is 2.76. The molecule has 0 aromatic heterocycles. The van der Waals surface area contributed by atoms with E-state index >= 15 is 0 Å². The van der Waals surface area contributed by atoms with E-state index < -0.39 is 17.0 Å². The number of aliphatic hydroxyl groups is 1. The number of methoxy groups -OCH3 is 1. The number of ether oxygens (including phenoxy) is 2. The smallest absolute Gasteiger partial charge is 0.336 e. The van der Waals surface area contributed by atoms with Gasteiger partial charge < -0.3 is 14.6 Å². The zero-order chi connectivity index (χ0) is 14.8. The molecule has 1 aromatic carbocycles. The molecule has 2 atom stereocenters. The first-order chi connectivity index (χ1) is 9.55. The molecule has 4 nitrogen and oxygen atoms in total. The fraction of sp³-hybridized carbons (Fsp3) is 0.357. The van der Waals surface area contributed by atoms with Crippen molar-refractivity contribution in [3.05, 3.63) is 46.7 Å². The molecule has 1 heterocycles. The van der Waals surface area contributed by atoms with Crippen molar-refractivity contribution in [1.82, 2.24) is 0 Å². The van der Waals surface area contributed by atoms with Crippen molar-refractivity contribution in [3.8, 4) is 0 Å². The molecule has 0 spiro atoms. The second-order valence-corrected chi connectivity index (χ2v) is 6.04. The highest BCUT2D eigenvalue weighted by atomic mass is 35.5. The topological polar surface area (TPSA) is 55.8 Å². The summed E-state index contributed by atoms with van der Waals surface area (Å²) in [7, 11) is 1.44. The molecule has 0 saturated heterocycles. The largest absolute Gasteiger partial charge is 0.495 e. The molecule has 0 radical (unpaired) electrons. The van der Waals surface area contributed by atoms with E-state index in [0.29, 0.717) is 22.1 Å². The first-order valence-electron chi connectivity index (χ1n) is 6.10. The van der Waals surface area contributed by atoms with Gasteiger partial charge in [-0.3, -0.25) is 0 Å². The summed E-state index contributed by atoms with van der Waals surface area (Å²) in [5.74, 6) is 0.394. The van der Waals surface area contributed by atoms with E-state index in [1.807, 2.05) is 6.92 Å². The van der Waals surface area contributed by atoms with Crippen molar-refractivity contribution < 1.29 is 19.4 Å². The van der Waals surface area contributed by atoms with Crippen LogP contribution in [0.25, 0.3) is 0 Å². The van der Waals surface area contributed by atoms with Gasteiger partial charge in [0.15, 0.2) is 5.76 Å². The Morgan fingerprint density at radius 2 is 2.20 bits per heavy atom. The minimum atomic E-state index is -1.29. The number of cyclic esters (lactones) is 1. The van der Waals surface area contributed by atoms with Gasteiger partial charge in [-0.15, -0.1) is 11.8 Å². The average molecular weight is 315 g/mol. The Morgan fingerprint density at radius 3 is 2.80 bits per heavy atom. The number of thioether (sulfide) groups is 1. The van der Waals surface area contributed by atoms with Crippen molar-refractivity contribution in [1.29, 1.82) is 0 Å². The maximum absolute atomic E-state index is 11.6. The van der Waals surface area contributed by atoms with Crippen LogP contribution in [0.5, 0.6) is 0 Å². The van der Waals surface area contributed by atoms with Crippen molar-refractivity contribution in [2.45, 2.75) is 18.0 Å². The summed E-state index contributed by atoms with van der Waals surface area (Å²) in [6.45, 7) is 1.91. The number of halogens is 1. The molecule has 6 heteroatoms. The minimum absolute atomic E-state index is 0.293. The minimum Gasteiger partial charge on any atom is -0.495 e. The Bertz CT molecular complexity index is 546. The highest BCUT2D eigenvalue weighted by Gasteiger charge is 2.52. The third-order valence-electron chi connectivity index (χ3n) is 2.98. The van der Waals surface area contributed by atoms with Gasteiger partial charge in [-0.1, -0.05) is 36.7 Å². The molecule has 108 valence electrons. The van der Waals surface area contributed by atoms with E-state index in [0.717, 1.165) is 0 Å². The molecule has 0 saturated carbocycles. The van der Waals surface area contributed by atoms with Crippen molar-refractivity contribution in [2.75, 3.05) is 12.9 Å². The fourth-order valence-electron chi connectivity index (χ4n) is 2.12. The van der Waals surface area contributed by atoms with E-state index in [2.05, 4.69) is 0 Å². The number of hydrogen-bond acceptors (Lipinski definition) is 5. The molecule has 2 rings (SSSR count). The summed E-state index contributed by atoms with van der Waals surface area (Å²) >= 11 is 7.41. The second-order valence-electron chi connectivity index (χ2n) is 4.16. The predicted octanol–water partition coefficient (Wildman–Crippen LogP) is 2.91. The Hall–Kier alpha value is -1.17. The molecule has 0 amide bonds. The maximum Gasteiger partial charge on any atom is 0.336 e. The molecule has 20 heavy (non-hydrogen) atoms. The summed E-state index contributed by atoms with van der Waals surface area (Å²) in [5, 5.41) is 11.1. The summed E-state index contributed by atoms with van der Waals surface area (Å²) in [4.78, 5) is 10.3. The normalized spacial score (nSPS) is 23.2. The summed E-state index contributed by atoms with van der Waals surface area (Å²) in [5.41, 5.74) is 0.493. The third-order valence-corrected chi connectivity index (χ3v) is 4.55. The fourth-order valence-corrected chi connectivity index (χ4v) is 3.50. The molecule has 0 unspecified atom stereocenters. The van der Waals surface area contributed by atoms with Crippen molar-refractivity contribution in [3.63, 3.8) is 0 Å². The quantitative estimate of drug-likeness (QED) is 0.847. The maximum atomic E-state index is 11.6. The SMILES string of the molecule is CCS[C@@]1([C@H](O)c2ccccc2Cl)OC(=O)C=C1OC. The van der Waals surface area contributed by atoms with E-state index in [1.54, 1.807) is 24.3 Å². The molecular formula is C14H15ClO4S. The van der Waals surface area contributed by atoms with Crippen LogP contribution in [-0.4, -0.2) is 28.9 Å². The first-order valence-corrected chi connectivity index (χ1v) is 7.47. The van der Waals surface area contributed by atoms with E-state index in [4.69, 9.17) is 21.1 Å². The van der Waals surface area contributed by atoms with Gasteiger partial charge in [0, 0.05) is 10.6 Å². The van der Waals surface area contributed by atoms with Crippen molar-refractivity contribution in [2.24, 2.45) is 0 Å². The third kappa shape index (κ3) is 2.53. The van der Waals surface area contributed by atoms with Crippen LogP contribution in [0.4, 0.5) is 0 Å². The molecule has 1 aliphatic rings. The number of hydrogen-bond donors (Lipinski definition) is 1. The van der Waals surface area contributed by atoms with Crippen LogP contribution in [0.15, 0.2) is 36.1 Å². The van der Waals surface area contributed by atoms with Crippen LogP contribution >= 0.6 is 23.4 Å². The number of carbonyl (C=O) groups excluding carboxylic acids is 1. The summed E-state index contributed by atoms with van der Waals surface area (Å²) < 4.78 is 10.6. The summed E-state index contributed by atoms with van der Waals surface area (Å²) in [6, 6.07) is 6.91. The van der Waals surface area contributed by atoms with Crippen LogP contribution in [0.3, 0.4) is 0 Å². The number of aliphatic hydroxyl groups excluding tert-OH is 1. The molecule has 1 aromatic rings. The Balaban J connectivity index is 2.46. The van der Waals surface area contributed by atoms with Crippen molar-refractivity contribution >= 4 is 29.3 Å². The molecule has 0 fully saturated rings. The predicted molar refractivity (Wildman–Crippen MR) is 78.5 cm³/mol. The number of esters is 1. The Kier molecular flexibility index (Phi) is 4.62. The number of rotatable bonds is 5. The van der Waals surface area contributed by atoms with Gasteiger partial charge in [0.25, 0.3) is 0 Å². The molecular weight excluding hydrogens is 300 g/mol. The molecule has 0 aliphatic carbocycles. The lowest BCUT2D eigenvalue weighted by atomic mass is 10.0. The van der Waals surface area contributed by atoms with Gasteiger partial charge >= 0.3 is 5.97 Å². The molecule has 1 aliphatic heterocycles. The zero-order valence-corrected chi connectivity index (χ0v) is 12.7. The Labute approximate surface area is 126 Å². The monoisotopic (exact) mass is 314 g/mol. The highest BCUT2D eigenvalue weighted by Crippen LogP contribution is 2.49. The Morgan fingerprint density at radius 1 is 1.50 bits per heavy atom. The first kappa shape index (κ1) is 15.2. The highest BCUT2D eigenvalue weighted by molar-refractivity contribution is 8.00. The lowest BCUT2D eigenvalue weighted by Crippen LogP contribution is -2.37. The van der Waals surface area contributed by atoms with Gasteiger partial charge in [0.05, 0.1) is 13.2 Å². The van der Waals surface area contributed by atoms with Gasteiger partial charge in [-0.05, 0) is 11.8 Å². The van der Waals surface area contributed by atoms with Crippen LogP contribution in [-0.2, 0) is 14.3 Å². The lowest BCUT2D eigenvalue weighted by Gasteiger charge is -2.33. The van der Waals surface area contributed by atoms with E-state index in [-0.39, 0.29) is 0 Å². The lowest BCUT2D eigenvalue weighted by molar-refractivity contribution is -0.147. The standard InChI is InChI=1S/C14H15ClO4S/c1-3-20-14(11(18-2)8-12(16)19-14)13(17)9-6-4-5-7-10(9)15/h4-8,13,17H,3H2,1-2H3/t13-,14+/m1/s1. The second kappa shape index (κ2) is 6.08. The number of benzene rings is 1. The summed E-state index contributed by atoms with van der Waals surface area (Å²) in [6.07, 6.45) is 0.140. The number of carbonyl (C=O) groups is 1. The van der Waals surface area contributed by atoms with Gasteiger partial charge in [-0.2, -0.15) is 0 Å². The molecule has 0 bridgehead atoms.